The maximum atomic E-state index is 14.2. The predicted octanol–water partition coefficient (Wildman–Crippen LogP) is 2.65. The molecular weight excluding hydrogens is 295 g/mol. The van der Waals surface area contributed by atoms with Crippen molar-refractivity contribution in [3.8, 4) is 5.75 Å². The quantitative estimate of drug-likeness (QED) is 0.636. The molecular formula is C14H18ClFN4O. The van der Waals surface area contributed by atoms with Gasteiger partial charge in [-0.25, -0.2) is 9.82 Å². The van der Waals surface area contributed by atoms with Crippen LogP contribution in [0.3, 0.4) is 0 Å². The zero-order valence-corrected chi connectivity index (χ0v) is 12.7. The Morgan fingerprint density at radius 3 is 2.86 bits per heavy atom. The number of ether oxygens (including phenoxy) is 1. The minimum atomic E-state index is -0.650. The van der Waals surface area contributed by atoms with Crippen LogP contribution in [0.25, 0.3) is 0 Å². The summed E-state index contributed by atoms with van der Waals surface area (Å²) in [7, 11) is 1.54. The van der Waals surface area contributed by atoms with E-state index in [1.165, 1.54) is 13.2 Å². The SMILES string of the molecule is CCCn1ncc(OC)c1C(NN)c1c(F)cccc1Cl. The van der Waals surface area contributed by atoms with Crippen LogP contribution in [0, 0.1) is 5.82 Å². The van der Waals surface area contributed by atoms with Crippen molar-refractivity contribution in [2.24, 2.45) is 5.84 Å². The molecule has 0 aliphatic carbocycles. The van der Waals surface area contributed by atoms with E-state index >= 15 is 0 Å². The number of nitrogens with zero attached hydrogens (tertiary/aromatic N) is 2. The van der Waals surface area contributed by atoms with Crippen LogP contribution < -0.4 is 16.0 Å². The van der Waals surface area contributed by atoms with E-state index in [0.717, 1.165) is 6.42 Å². The first-order valence-corrected chi connectivity index (χ1v) is 7.01. The molecule has 1 aromatic heterocycles. The molecule has 0 bridgehead atoms. The molecule has 0 aliphatic rings. The van der Waals surface area contributed by atoms with Crippen LogP contribution in [0.2, 0.25) is 5.02 Å². The molecule has 0 fully saturated rings. The third-order valence-corrected chi connectivity index (χ3v) is 3.56. The molecule has 5 nitrogen and oxygen atoms in total. The molecule has 1 atom stereocenters. The third-order valence-electron chi connectivity index (χ3n) is 3.23. The summed E-state index contributed by atoms with van der Waals surface area (Å²) in [5.41, 5.74) is 3.53. The van der Waals surface area contributed by atoms with Gasteiger partial charge < -0.3 is 4.74 Å². The molecule has 1 unspecified atom stereocenters. The number of methoxy groups -OCH3 is 1. The number of nitrogens with one attached hydrogen (secondary N) is 1. The predicted molar refractivity (Wildman–Crippen MR) is 79.6 cm³/mol. The monoisotopic (exact) mass is 312 g/mol. The normalized spacial score (nSPS) is 12.4. The average Bonchev–Trinajstić information content (AvgIpc) is 2.86. The van der Waals surface area contributed by atoms with E-state index < -0.39 is 11.9 Å². The zero-order chi connectivity index (χ0) is 15.4. The molecule has 2 aromatic rings. The van der Waals surface area contributed by atoms with Crippen LogP contribution in [-0.4, -0.2) is 16.9 Å². The Morgan fingerprint density at radius 1 is 1.52 bits per heavy atom. The molecule has 7 heteroatoms. The van der Waals surface area contributed by atoms with Crippen molar-refractivity contribution in [3.63, 3.8) is 0 Å². The second kappa shape index (κ2) is 6.89. The second-order valence-corrected chi connectivity index (χ2v) is 4.96. The Morgan fingerprint density at radius 2 is 2.29 bits per heavy atom. The summed E-state index contributed by atoms with van der Waals surface area (Å²) in [5, 5.41) is 4.56. The summed E-state index contributed by atoms with van der Waals surface area (Å²) < 4.78 is 21.2. The van der Waals surface area contributed by atoms with Gasteiger partial charge in [-0.2, -0.15) is 5.10 Å². The molecule has 1 aromatic carbocycles. The van der Waals surface area contributed by atoms with Gasteiger partial charge >= 0.3 is 0 Å². The minimum absolute atomic E-state index is 0.276. The highest BCUT2D eigenvalue weighted by Crippen LogP contribution is 2.34. The van der Waals surface area contributed by atoms with E-state index in [4.69, 9.17) is 22.2 Å². The summed E-state index contributed by atoms with van der Waals surface area (Å²) in [6, 6.07) is 3.87. The highest BCUT2D eigenvalue weighted by Gasteiger charge is 2.26. The van der Waals surface area contributed by atoms with Crippen LogP contribution >= 0.6 is 11.6 Å². The van der Waals surface area contributed by atoms with E-state index in [9.17, 15) is 4.39 Å². The van der Waals surface area contributed by atoms with Gasteiger partial charge in [-0.1, -0.05) is 24.6 Å². The number of hydrogen-bond donors (Lipinski definition) is 2. The summed E-state index contributed by atoms with van der Waals surface area (Å²) in [4.78, 5) is 0. The van der Waals surface area contributed by atoms with Gasteiger partial charge in [0, 0.05) is 17.1 Å². The van der Waals surface area contributed by atoms with Gasteiger partial charge in [0.15, 0.2) is 5.75 Å². The number of rotatable bonds is 6. The average molecular weight is 313 g/mol. The van der Waals surface area contributed by atoms with E-state index in [1.807, 2.05) is 6.92 Å². The summed E-state index contributed by atoms with van der Waals surface area (Å²) >= 11 is 6.14. The number of hydrogen-bond acceptors (Lipinski definition) is 4. The number of hydrazine groups is 1. The first-order valence-electron chi connectivity index (χ1n) is 6.63. The number of halogens is 2. The van der Waals surface area contributed by atoms with Crippen molar-refractivity contribution in [2.45, 2.75) is 25.9 Å². The Labute approximate surface area is 127 Å². The van der Waals surface area contributed by atoms with Crippen LogP contribution in [-0.2, 0) is 6.54 Å². The molecule has 3 N–H and O–H groups in total. The molecule has 0 spiro atoms. The smallest absolute Gasteiger partial charge is 0.161 e. The van der Waals surface area contributed by atoms with Gasteiger partial charge in [0.2, 0.25) is 0 Å². The third kappa shape index (κ3) is 3.02. The first kappa shape index (κ1) is 15.8. The van der Waals surface area contributed by atoms with Crippen LogP contribution in [0.5, 0.6) is 5.75 Å². The van der Waals surface area contributed by atoms with Gasteiger partial charge in [-0.15, -0.1) is 0 Å². The number of aryl methyl sites for hydroxylation is 1. The van der Waals surface area contributed by atoms with Crippen LogP contribution in [0.1, 0.15) is 30.6 Å². The summed E-state index contributed by atoms with van der Waals surface area (Å²) in [5.74, 6) is 5.75. The standard InChI is InChI=1S/C14H18ClFN4O/c1-3-7-20-14(11(21-2)8-18-20)13(19-17)12-9(15)5-4-6-10(12)16/h4-6,8,13,19H,3,7,17H2,1-2H3. The molecule has 114 valence electrons. The molecule has 0 saturated carbocycles. The van der Waals surface area contributed by atoms with E-state index in [2.05, 4.69) is 10.5 Å². The van der Waals surface area contributed by atoms with E-state index in [-0.39, 0.29) is 5.56 Å². The van der Waals surface area contributed by atoms with Gasteiger partial charge in [0.25, 0.3) is 0 Å². The molecule has 1 heterocycles. The fourth-order valence-corrected chi connectivity index (χ4v) is 2.57. The van der Waals surface area contributed by atoms with Crippen molar-refractivity contribution >= 4 is 11.6 Å². The Balaban J connectivity index is 2.58. The zero-order valence-electron chi connectivity index (χ0n) is 11.9. The first-order chi connectivity index (χ1) is 10.1. The molecule has 0 saturated heterocycles. The number of nitrogens with two attached hydrogens (primary N) is 1. The highest BCUT2D eigenvalue weighted by atomic mass is 35.5. The maximum Gasteiger partial charge on any atom is 0.161 e. The fraction of sp³-hybridized carbons (Fsp3) is 0.357. The number of benzene rings is 1. The molecule has 0 amide bonds. The van der Waals surface area contributed by atoms with E-state index in [1.54, 1.807) is 23.0 Å². The molecule has 2 rings (SSSR count). The lowest BCUT2D eigenvalue weighted by Gasteiger charge is -2.21. The number of aromatic nitrogens is 2. The molecule has 0 aliphatic heterocycles. The van der Waals surface area contributed by atoms with Crippen LogP contribution in [0.15, 0.2) is 24.4 Å². The van der Waals surface area contributed by atoms with Crippen molar-refractivity contribution in [1.82, 2.24) is 15.2 Å². The van der Waals surface area contributed by atoms with Gasteiger partial charge in [0.1, 0.15) is 11.5 Å². The lowest BCUT2D eigenvalue weighted by Crippen LogP contribution is -2.32. The Hall–Kier alpha value is -1.63. The summed E-state index contributed by atoms with van der Waals surface area (Å²) in [6.07, 6.45) is 2.46. The van der Waals surface area contributed by atoms with Crippen LogP contribution in [0.4, 0.5) is 4.39 Å². The molecule has 0 radical (unpaired) electrons. The second-order valence-electron chi connectivity index (χ2n) is 4.56. The van der Waals surface area contributed by atoms with Crippen molar-refractivity contribution < 1.29 is 9.13 Å². The van der Waals surface area contributed by atoms with E-state index in [0.29, 0.717) is 23.0 Å². The highest BCUT2D eigenvalue weighted by molar-refractivity contribution is 6.31. The topological polar surface area (TPSA) is 65.1 Å². The largest absolute Gasteiger partial charge is 0.493 e. The minimum Gasteiger partial charge on any atom is -0.493 e. The van der Waals surface area contributed by atoms with Crippen molar-refractivity contribution in [3.05, 3.63) is 46.5 Å². The van der Waals surface area contributed by atoms with Gasteiger partial charge in [-0.3, -0.25) is 10.5 Å². The fourth-order valence-electron chi connectivity index (χ4n) is 2.30. The lowest BCUT2D eigenvalue weighted by atomic mass is 10.0. The molecule has 21 heavy (non-hydrogen) atoms. The Kier molecular flexibility index (Phi) is 5.17. The lowest BCUT2D eigenvalue weighted by molar-refractivity contribution is 0.396. The maximum absolute atomic E-state index is 14.2. The summed E-state index contributed by atoms with van der Waals surface area (Å²) in [6.45, 7) is 2.70. The van der Waals surface area contributed by atoms with Crippen molar-refractivity contribution in [1.29, 1.82) is 0 Å². The Bertz CT molecular complexity index is 597. The van der Waals surface area contributed by atoms with Gasteiger partial charge in [-0.05, 0) is 18.6 Å². The van der Waals surface area contributed by atoms with Gasteiger partial charge in [0.05, 0.1) is 19.3 Å². The van der Waals surface area contributed by atoms with Crippen molar-refractivity contribution in [2.75, 3.05) is 7.11 Å².